The van der Waals surface area contributed by atoms with Gasteiger partial charge in [-0.05, 0) is 36.8 Å². The van der Waals surface area contributed by atoms with E-state index in [1.165, 1.54) is 33.3 Å². The molecule has 0 radical (unpaired) electrons. The molecule has 5 nitrogen and oxygen atoms in total. The number of alkyl halides is 2. The molecule has 2 aromatic heterocycles. The van der Waals surface area contributed by atoms with Crippen LogP contribution in [0, 0.1) is 5.92 Å². The number of sulfone groups is 1. The Kier molecular flexibility index (Phi) is 3.86. The molecular weight excluding hydrogens is 336 g/mol. The second-order valence-corrected chi connectivity index (χ2v) is 7.75. The highest BCUT2D eigenvalue weighted by Crippen LogP contribution is 2.41. The lowest BCUT2D eigenvalue weighted by atomic mass is 9.98. The van der Waals surface area contributed by atoms with Gasteiger partial charge in [-0.15, -0.1) is 0 Å². The molecule has 0 unspecified atom stereocenters. The van der Waals surface area contributed by atoms with Crippen LogP contribution in [-0.4, -0.2) is 40.6 Å². The van der Waals surface area contributed by atoms with Gasteiger partial charge in [0.25, 0.3) is 0 Å². The van der Waals surface area contributed by atoms with Gasteiger partial charge in [0.2, 0.25) is 9.84 Å². The normalized spacial score (nSPS) is 18.9. The Morgan fingerprint density at radius 1 is 1.27 bits per heavy atom. The molecule has 0 aliphatic carbocycles. The fourth-order valence-corrected chi connectivity index (χ4v) is 4.50. The number of hydrogen-bond acceptors (Lipinski definition) is 4. The Morgan fingerprint density at radius 3 is 2.64 bits per heavy atom. The maximum absolute atomic E-state index is 14.6. The molecule has 22 heavy (non-hydrogen) atoms. The molecule has 1 aliphatic rings. The fourth-order valence-electron chi connectivity index (χ4n) is 2.68. The highest BCUT2D eigenvalue weighted by Gasteiger charge is 2.53. The maximum Gasteiger partial charge on any atom is 0.353 e. The number of imidazole rings is 1. The van der Waals surface area contributed by atoms with Gasteiger partial charge >= 0.3 is 5.25 Å². The van der Waals surface area contributed by atoms with Gasteiger partial charge in [-0.2, -0.15) is 8.78 Å². The predicted molar refractivity (Wildman–Crippen MR) is 77.5 cm³/mol. The average Bonchev–Trinajstić information content (AvgIpc) is 2.95. The Balaban J connectivity index is 2.03. The molecule has 0 saturated carbocycles. The van der Waals surface area contributed by atoms with Crippen molar-refractivity contribution < 1.29 is 17.2 Å². The van der Waals surface area contributed by atoms with Crippen LogP contribution in [0.1, 0.15) is 12.8 Å². The quantitative estimate of drug-likeness (QED) is 0.799. The summed E-state index contributed by atoms with van der Waals surface area (Å²) < 4.78 is 57.1. The Labute approximate surface area is 131 Å². The summed E-state index contributed by atoms with van der Waals surface area (Å²) in [5.41, 5.74) is 0.0111. The number of rotatable bonds is 3. The first-order chi connectivity index (χ1) is 10.3. The Hall–Kier alpha value is -1.25. The van der Waals surface area contributed by atoms with E-state index in [0.717, 1.165) is 0 Å². The van der Waals surface area contributed by atoms with E-state index >= 15 is 0 Å². The lowest BCUT2D eigenvalue weighted by molar-refractivity contribution is 0.00427. The van der Waals surface area contributed by atoms with Gasteiger partial charge in [0.15, 0.2) is 5.65 Å². The Morgan fingerprint density at radius 2 is 1.95 bits per heavy atom. The van der Waals surface area contributed by atoms with E-state index in [2.05, 4.69) is 4.98 Å². The van der Waals surface area contributed by atoms with Crippen molar-refractivity contribution >= 4 is 27.3 Å². The molecule has 3 rings (SSSR count). The number of nitrogens with zero attached hydrogens (tertiary/aromatic N) is 3. The van der Waals surface area contributed by atoms with Crippen LogP contribution in [0.3, 0.4) is 0 Å². The van der Waals surface area contributed by atoms with Crippen LogP contribution in [0.5, 0.6) is 0 Å². The van der Waals surface area contributed by atoms with Crippen LogP contribution in [0.2, 0.25) is 0 Å². The minimum absolute atomic E-state index is 0.0111. The molecule has 0 amide bonds. The third-order valence-corrected chi connectivity index (χ3v) is 6.23. The number of pyridine rings is 1. The zero-order valence-electron chi connectivity index (χ0n) is 11.5. The van der Waals surface area contributed by atoms with Gasteiger partial charge in [-0.1, -0.05) is 0 Å². The van der Waals surface area contributed by atoms with Gasteiger partial charge in [0.05, 0.1) is 0 Å². The molecule has 0 bridgehead atoms. The van der Waals surface area contributed by atoms with E-state index in [1.54, 1.807) is 6.20 Å². The summed E-state index contributed by atoms with van der Waals surface area (Å²) in [7, 11) is -4.83. The van der Waals surface area contributed by atoms with Crippen molar-refractivity contribution in [2.24, 2.45) is 5.92 Å². The number of hydrogen-bond donors (Lipinski definition) is 0. The van der Waals surface area contributed by atoms with E-state index in [-0.39, 0.29) is 31.6 Å². The predicted octanol–water partition coefficient (Wildman–Crippen LogP) is 2.57. The highest BCUT2D eigenvalue weighted by atomic mass is 35.5. The fraction of sp³-hybridized carbons (Fsp3) is 0.462. The summed E-state index contributed by atoms with van der Waals surface area (Å²) in [5, 5.41) is -3.85. The SMILES string of the molecule is O=S(=O)(c1cccn2ccnc12)C(F)(F)C1CCN(Cl)CC1. The van der Waals surface area contributed by atoms with Crippen LogP contribution < -0.4 is 0 Å². The topological polar surface area (TPSA) is 54.7 Å². The van der Waals surface area contributed by atoms with Gasteiger partial charge < -0.3 is 4.40 Å². The summed E-state index contributed by atoms with van der Waals surface area (Å²) in [6.07, 6.45) is 4.52. The monoisotopic (exact) mass is 349 g/mol. The molecule has 0 N–H and O–H groups in total. The summed E-state index contributed by atoms with van der Waals surface area (Å²) in [4.78, 5) is 3.43. The number of fused-ring (bicyclic) bond motifs is 1. The lowest BCUT2D eigenvalue weighted by Crippen LogP contribution is -2.42. The van der Waals surface area contributed by atoms with E-state index in [1.807, 2.05) is 0 Å². The van der Waals surface area contributed by atoms with Crippen molar-refractivity contribution in [3.8, 4) is 0 Å². The lowest BCUT2D eigenvalue weighted by Gasteiger charge is -2.32. The van der Waals surface area contributed by atoms with E-state index < -0.39 is 25.9 Å². The van der Waals surface area contributed by atoms with Gasteiger partial charge in [0.1, 0.15) is 4.90 Å². The smallest absolute Gasteiger partial charge is 0.306 e. The molecule has 120 valence electrons. The van der Waals surface area contributed by atoms with Gasteiger partial charge in [-0.3, -0.25) is 0 Å². The molecule has 3 heterocycles. The number of piperidine rings is 1. The Bertz CT molecular complexity index is 785. The average molecular weight is 350 g/mol. The third-order valence-electron chi connectivity index (χ3n) is 3.95. The second kappa shape index (κ2) is 5.43. The van der Waals surface area contributed by atoms with Gasteiger partial charge in [0, 0.05) is 37.6 Å². The van der Waals surface area contributed by atoms with E-state index in [9.17, 15) is 17.2 Å². The first-order valence-electron chi connectivity index (χ1n) is 6.79. The molecule has 9 heteroatoms. The first kappa shape index (κ1) is 15.6. The van der Waals surface area contributed by atoms with E-state index in [4.69, 9.17) is 11.8 Å². The first-order valence-corrected chi connectivity index (χ1v) is 8.61. The second-order valence-electron chi connectivity index (χ2n) is 5.28. The largest absolute Gasteiger partial charge is 0.353 e. The highest BCUT2D eigenvalue weighted by molar-refractivity contribution is 7.92. The van der Waals surface area contributed by atoms with Crippen LogP contribution >= 0.6 is 11.8 Å². The van der Waals surface area contributed by atoms with Crippen LogP contribution in [0.4, 0.5) is 8.78 Å². The molecule has 0 atom stereocenters. The number of halogens is 3. The molecule has 1 saturated heterocycles. The zero-order valence-corrected chi connectivity index (χ0v) is 13.1. The zero-order chi connectivity index (χ0) is 16.0. The number of aromatic nitrogens is 2. The van der Waals surface area contributed by atoms with Gasteiger partial charge in [-0.25, -0.2) is 17.8 Å². The molecule has 1 fully saturated rings. The molecule has 1 aliphatic heterocycles. The van der Waals surface area contributed by atoms with Crippen molar-refractivity contribution in [3.05, 3.63) is 30.7 Å². The van der Waals surface area contributed by atoms with Crippen molar-refractivity contribution in [3.63, 3.8) is 0 Å². The van der Waals surface area contributed by atoms with E-state index in [0.29, 0.717) is 0 Å². The van der Waals surface area contributed by atoms with Crippen molar-refractivity contribution in [2.45, 2.75) is 23.0 Å². The summed E-state index contributed by atoms with van der Waals surface area (Å²) in [6.45, 7) is 0.482. The maximum atomic E-state index is 14.6. The molecule has 0 aromatic carbocycles. The third kappa shape index (κ3) is 2.39. The van der Waals surface area contributed by atoms with Crippen LogP contribution in [0.25, 0.3) is 5.65 Å². The molecule has 0 spiro atoms. The minimum Gasteiger partial charge on any atom is -0.306 e. The van der Waals surface area contributed by atoms with Crippen LogP contribution in [0.15, 0.2) is 35.6 Å². The van der Waals surface area contributed by atoms with Crippen LogP contribution in [-0.2, 0) is 9.84 Å². The minimum atomic E-state index is -4.83. The van der Waals surface area contributed by atoms with Crippen molar-refractivity contribution in [1.82, 2.24) is 13.8 Å². The summed E-state index contributed by atoms with van der Waals surface area (Å²) in [5.74, 6) is -1.25. The molecular formula is C13H14ClF2N3O2S. The standard InChI is InChI=1S/C13H14ClF2N3O2S/c14-19-7-3-10(4-8-19)13(15,16)22(20,21)11-2-1-6-18-9-5-17-12(11)18/h1-2,5-6,9-10H,3-4,7-8H2. The van der Waals surface area contributed by atoms with Crippen molar-refractivity contribution in [2.75, 3.05) is 13.1 Å². The van der Waals surface area contributed by atoms with Crippen molar-refractivity contribution in [1.29, 1.82) is 0 Å². The molecule has 2 aromatic rings. The summed E-state index contributed by atoms with van der Waals surface area (Å²) in [6, 6.07) is 2.58. The summed E-state index contributed by atoms with van der Waals surface area (Å²) >= 11 is 5.75.